The van der Waals surface area contributed by atoms with Gasteiger partial charge in [-0.15, -0.1) is 0 Å². The Balaban J connectivity index is 1.89. The normalized spacial score (nSPS) is 15.9. The molecule has 3 rings (SSSR count). The van der Waals surface area contributed by atoms with Gasteiger partial charge in [0.05, 0.1) is 23.6 Å². The summed E-state index contributed by atoms with van der Waals surface area (Å²) in [6.45, 7) is 1.48. The number of hydrogen-bond acceptors (Lipinski definition) is 3. The first-order valence-corrected chi connectivity index (χ1v) is 6.13. The molecular weight excluding hydrogens is 271 g/mol. The largest absolute Gasteiger partial charge is 0.484 e. The van der Waals surface area contributed by atoms with Gasteiger partial charge in [0, 0.05) is 13.1 Å². The fourth-order valence-electron chi connectivity index (χ4n) is 1.95. The molecule has 1 fully saturated rings. The number of nitrogens with zero attached hydrogens (tertiary/aromatic N) is 2. The molecular formula is C13H12F3N3O. The van der Waals surface area contributed by atoms with Crippen LogP contribution in [0.1, 0.15) is 5.56 Å². The maximum Gasteiger partial charge on any atom is 0.418 e. The van der Waals surface area contributed by atoms with Crippen molar-refractivity contribution in [3.05, 3.63) is 42.2 Å². The van der Waals surface area contributed by atoms with Crippen LogP contribution >= 0.6 is 0 Å². The molecule has 0 atom stereocenters. The van der Waals surface area contributed by atoms with Crippen LogP contribution in [0.3, 0.4) is 0 Å². The van der Waals surface area contributed by atoms with Gasteiger partial charge in [0.2, 0.25) is 0 Å². The zero-order valence-corrected chi connectivity index (χ0v) is 10.4. The Hall–Kier alpha value is -2.02. The minimum atomic E-state index is -4.42. The predicted octanol–water partition coefficient (Wildman–Crippen LogP) is 2.24. The molecule has 2 aromatic rings. The molecule has 0 aliphatic carbocycles. The zero-order valence-electron chi connectivity index (χ0n) is 10.4. The summed E-state index contributed by atoms with van der Waals surface area (Å²) in [7, 11) is 0. The van der Waals surface area contributed by atoms with E-state index in [-0.39, 0.29) is 11.8 Å². The predicted molar refractivity (Wildman–Crippen MR) is 65.9 cm³/mol. The summed E-state index contributed by atoms with van der Waals surface area (Å²) in [5.74, 6) is 0.466. The third kappa shape index (κ3) is 2.49. The number of halogens is 3. The fraction of sp³-hybridized carbons (Fsp3) is 0.308. The monoisotopic (exact) mass is 283 g/mol. The van der Waals surface area contributed by atoms with Gasteiger partial charge in [-0.1, -0.05) is 12.1 Å². The van der Waals surface area contributed by atoms with Crippen molar-refractivity contribution in [1.82, 2.24) is 15.1 Å². The highest BCUT2D eigenvalue weighted by Crippen LogP contribution is 2.33. The van der Waals surface area contributed by atoms with Crippen molar-refractivity contribution in [1.29, 1.82) is 0 Å². The Morgan fingerprint density at radius 1 is 1.25 bits per heavy atom. The lowest BCUT2D eigenvalue weighted by molar-refractivity contribution is -0.137. The van der Waals surface area contributed by atoms with Crippen molar-refractivity contribution < 1.29 is 17.9 Å². The summed E-state index contributed by atoms with van der Waals surface area (Å²) >= 11 is 0. The number of benzene rings is 1. The molecule has 1 aliphatic rings. The molecule has 0 amide bonds. The molecule has 0 bridgehead atoms. The standard InChI is InChI=1S/C13H12F3N3O/c14-13(15,16)11-3-1-2-4-12(11)19-8-10(7-18-19)20-9-5-17-6-9/h1-4,7-9,17H,5-6H2. The lowest BCUT2D eigenvalue weighted by Crippen LogP contribution is -2.50. The Morgan fingerprint density at radius 2 is 2.00 bits per heavy atom. The number of rotatable bonds is 3. The van der Waals surface area contributed by atoms with Gasteiger partial charge in [0.15, 0.2) is 5.75 Å². The van der Waals surface area contributed by atoms with Crippen molar-refractivity contribution in [2.45, 2.75) is 12.3 Å². The molecule has 0 radical (unpaired) electrons. The van der Waals surface area contributed by atoms with Gasteiger partial charge in [-0.2, -0.15) is 18.3 Å². The van der Waals surface area contributed by atoms with Crippen LogP contribution in [-0.2, 0) is 6.18 Å². The highest BCUT2D eigenvalue weighted by Gasteiger charge is 2.34. The molecule has 1 saturated heterocycles. The highest BCUT2D eigenvalue weighted by atomic mass is 19.4. The molecule has 1 aromatic heterocycles. The van der Waals surface area contributed by atoms with Crippen LogP contribution < -0.4 is 10.1 Å². The van der Waals surface area contributed by atoms with Gasteiger partial charge in [-0.05, 0) is 12.1 Å². The first kappa shape index (κ1) is 13.0. The molecule has 4 nitrogen and oxygen atoms in total. The highest BCUT2D eigenvalue weighted by molar-refractivity contribution is 5.43. The summed E-state index contributed by atoms with van der Waals surface area (Å²) in [6.07, 6.45) is -1.47. The van der Waals surface area contributed by atoms with E-state index in [4.69, 9.17) is 4.74 Å². The number of nitrogens with one attached hydrogen (secondary N) is 1. The smallest absolute Gasteiger partial charge is 0.418 e. The number of hydrogen-bond donors (Lipinski definition) is 1. The van der Waals surface area contributed by atoms with E-state index in [1.165, 1.54) is 29.2 Å². The lowest BCUT2D eigenvalue weighted by Gasteiger charge is -2.26. The summed E-state index contributed by atoms with van der Waals surface area (Å²) in [6, 6.07) is 5.31. The Kier molecular flexibility index (Phi) is 3.13. The SMILES string of the molecule is FC(F)(F)c1ccccc1-n1cc(OC2CNC2)cn1. The second-order valence-corrected chi connectivity index (χ2v) is 4.53. The van der Waals surface area contributed by atoms with Crippen molar-refractivity contribution in [2.75, 3.05) is 13.1 Å². The Labute approximate surface area is 113 Å². The molecule has 20 heavy (non-hydrogen) atoms. The summed E-state index contributed by atoms with van der Waals surface area (Å²) in [5, 5.41) is 6.99. The molecule has 7 heteroatoms. The van der Waals surface area contributed by atoms with E-state index < -0.39 is 11.7 Å². The van der Waals surface area contributed by atoms with Gasteiger partial charge in [0.25, 0.3) is 0 Å². The van der Waals surface area contributed by atoms with Crippen LogP contribution in [0.4, 0.5) is 13.2 Å². The van der Waals surface area contributed by atoms with Gasteiger partial charge in [-0.25, -0.2) is 4.68 Å². The maximum absolute atomic E-state index is 12.9. The van der Waals surface area contributed by atoms with Crippen LogP contribution in [0.2, 0.25) is 0 Å². The van der Waals surface area contributed by atoms with Gasteiger partial charge < -0.3 is 10.1 Å². The molecule has 0 spiro atoms. The lowest BCUT2D eigenvalue weighted by atomic mass is 10.2. The number of ether oxygens (including phenoxy) is 1. The van der Waals surface area contributed by atoms with Gasteiger partial charge in [-0.3, -0.25) is 0 Å². The van der Waals surface area contributed by atoms with Crippen LogP contribution in [0.5, 0.6) is 5.75 Å². The van der Waals surface area contributed by atoms with E-state index in [0.29, 0.717) is 5.75 Å². The third-order valence-corrected chi connectivity index (χ3v) is 3.06. The topological polar surface area (TPSA) is 39.1 Å². The average molecular weight is 283 g/mol. The summed E-state index contributed by atoms with van der Waals surface area (Å²) in [4.78, 5) is 0. The van der Waals surface area contributed by atoms with E-state index >= 15 is 0 Å². The average Bonchev–Trinajstić information content (AvgIpc) is 2.81. The molecule has 1 aliphatic heterocycles. The van der Waals surface area contributed by atoms with Crippen LogP contribution in [0, 0.1) is 0 Å². The molecule has 2 heterocycles. The van der Waals surface area contributed by atoms with Gasteiger partial charge >= 0.3 is 6.18 Å². The van der Waals surface area contributed by atoms with E-state index in [9.17, 15) is 13.2 Å². The van der Waals surface area contributed by atoms with Crippen molar-refractivity contribution >= 4 is 0 Å². The van der Waals surface area contributed by atoms with Crippen molar-refractivity contribution in [3.63, 3.8) is 0 Å². The number of aromatic nitrogens is 2. The minimum Gasteiger partial charge on any atom is -0.484 e. The first-order chi connectivity index (χ1) is 9.54. The molecule has 0 unspecified atom stereocenters. The van der Waals surface area contributed by atoms with E-state index in [1.54, 1.807) is 6.07 Å². The van der Waals surface area contributed by atoms with E-state index in [0.717, 1.165) is 19.2 Å². The summed E-state index contributed by atoms with van der Waals surface area (Å²) < 4.78 is 45.5. The molecule has 1 aromatic carbocycles. The second-order valence-electron chi connectivity index (χ2n) is 4.53. The van der Waals surface area contributed by atoms with E-state index in [1.807, 2.05) is 0 Å². The first-order valence-electron chi connectivity index (χ1n) is 6.13. The van der Waals surface area contributed by atoms with Crippen LogP contribution in [-0.4, -0.2) is 29.0 Å². The Bertz CT molecular complexity index is 605. The van der Waals surface area contributed by atoms with Crippen molar-refractivity contribution in [3.8, 4) is 11.4 Å². The maximum atomic E-state index is 12.9. The quantitative estimate of drug-likeness (QED) is 0.939. The fourth-order valence-corrected chi connectivity index (χ4v) is 1.95. The molecule has 106 valence electrons. The summed E-state index contributed by atoms with van der Waals surface area (Å²) in [5.41, 5.74) is -0.735. The van der Waals surface area contributed by atoms with Gasteiger partial charge in [0.1, 0.15) is 6.10 Å². The Morgan fingerprint density at radius 3 is 2.65 bits per heavy atom. The third-order valence-electron chi connectivity index (χ3n) is 3.06. The minimum absolute atomic E-state index is 0.0124. The molecule has 1 N–H and O–H groups in total. The zero-order chi connectivity index (χ0) is 14.2. The molecule has 0 saturated carbocycles. The van der Waals surface area contributed by atoms with Crippen LogP contribution in [0.15, 0.2) is 36.7 Å². The second kappa shape index (κ2) is 4.82. The van der Waals surface area contributed by atoms with E-state index in [2.05, 4.69) is 10.4 Å². The number of alkyl halides is 3. The van der Waals surface area contributed by atoms with Crippen molar-refractivity contribution in [2.24, 2.45) is 0 Å². The number of para-hydroxylation sites is 1. The van der Waals surface area contributed by atoms with Crippen LogP contribution in [0.25, 0.3) is 5.69 Å².